The lowest BCUT2D eigenvalue weighted by Gasteiger charge is -2.21. The summed E-state index contributed by atoms with van der Waals surface area (Å²) < 4.78 is 10.3. The van der Waals surface area contributed by atoms with Crippen LogP contribution in [0.15, 0.2) is 24.3 Å². The maximum absolute atomic E-state index is 11.8. The summed E-state index contributed by atoms with van der Waals surface area (Å²) in [7, 11) is 1.60. The molecule has 1 aromatic carbocycles. The Balaban J connectivity index is 2.56. The molecule has 0 saturated heterocycles. The molecule has 0 aliphatic carbocycles. The van der Waals surface area contributed by atoms with Crippen molar-refractivity contribution in [3.63, 3.8) is 0 Å². The van der Waals surface area contributed by atoms with Crippen LogP contribution < -0.4 is 10.5 Å². The van der Waals surface area contributed by atoms with E-state index in [-0.39, 0.29) is 12.6 Å². The molecule has 1 aromatic rings. The number of nitrogens with two attached hydrogens (primary N) is 1. The summed E-state index contributed by atoms with van der Waals surface area (Å²) in [5.41, 5.74) is 5.87. The topological polar surface area (TPSA) is 61.6 Å². The molecule has 1 atom stereocenters. The fourth-order valence-corrected chi connectivity index (χ4v) is 1.70. The van der Waals surface area contributed by atoms with Crippen molar-refractivity contribution in [3.8, 4) is 5.75 Å². The van der Waals surface area contributed by atoms with E-state index in [1.54, 1.807) is 14.0 Å². The van der Waals surface area contributed by atoms with Gasteiger partial charge in [0.15, 0.2) is 0 Å². The molecule has 0 heterocycles. The summed E-state index contributed by atoms with van der Waals surface area (Å²) in [5, 5.41) is 0. The van der Waals surface area contributed by atoms with E-state index in [0.717, 1.165) is 17.7 Å². The van der Waals surface area contributed by atoms with Crippen molar-refractivity contribution < 1.29 is 14.3 Å². The van der Waals surface area contributed by atoms with Crippen LogP contribution in [0.1, 0.15) is 32.3 Å². The van der Waals surface area contributed by atoms with Crippen LogP contribution >= 0.6 is 0 Å². The molecule has 1 rings (SSSR count). The van der Waals surface area contributed by atoms with Gasteiger partial charge in [0.25, 0.3) is 0 Å². The normalized spacial score (nSPS) is 13.8. The second-order valence-corrected chi connectivity index (χ2v) is 4.60. The molecule has 1 unspecified atom stereocenters. The number of benzene rings is 1. The number of hydrogen-bond acceptors (Lipinski definition) is 4. The molecule has 0 bridgehead atoms. The third kappa shape index (κ3) is 4.04. The van der Waals surface area contributed by atoms with Gasteiger partial charge in [0.05, 0.1) is 7.11 Å². The quantitative estimate of drug-likeness (QED) is 0.788. The lowest BCUT2D eigenvalue weighted by Crippen LogP contribution is -2.45. The third-order valence-corrected chi connectivity index (χ3v) is 2.74. The molecule has 0 aliphatic heterocycles. The van der Waals surface area contributed by atoms with Crippen LogP contribution in [0.3, 0.4) is 0 Å². The van der Waals surface area contributed by atoms with Gasteiger partial charge >= 0.3 is 5.97 Å². The highest BCUT2D eigenvalue weighted by atomic mass is 16.5. The van der Waals surface area contributed by atoms with Crippen molar-refractivity contribution in [2.45, 2.75) is 38.8 Å². The Hall–Kier alpha value is -1.55. The van der Waals surface area contributed by atoms with Gasteiger partial charge in [0, 0.05) is 0 Å². The van der Waals surface area contributed by atoms with Crippen LogP contribution in [0.2, 0.25) is 0 Å². The summed E-state index contributed by atoms with van der Waals surface area (Å²) in [6.45, 7) is 3.90. The average molecular weight is 251 g/mol. The Morgan fingerprint density at radius 1 is 1.44 bits per heavy atom. The smallest absolute Gasteiger partial charge is 0.326 e. The molecule has 4 nitrogen and oxygen atoms in total. The van der Waals surface area contributed by atoms with Gasteiger partial charge in [-0.25, -0.2) is 0 Å². The van der Waals surface area contributed by atoms with Crippen LogP contribution in [0.25, 0.3) is 0 Å². The Labute approximate surface area is 108 Å². The Morgan fingerprint density at radius 2 is 2.17 bits per heavy atom. The zero-order chi connectivity index (χ0) is 13.6. The van der Waals surface area contributed by atoms with Crippen molar-refractivity contribution in [2.24, 2.45) is 5.73 Å². The summed E-state index contributed by atoms with van der Waals surface area (Å²) in [6, 6.07) is 7.41. The van der Waals surface area contributed by atoms with Crippen LogP contribution in [0.4, 0.5) is 0 Å². The molecule has 0 aliphatic rings. The first-order valence-electron chi connectivity index (χ1n) is 6.08. The maximum atomic E-state index is 11.8. The third-order valence-electron chi connectivity index (χ3n) is 2.74. The first kappa shape index (κ1) is 14.5. The standard InChI is InChI=1S/C14H21NO3/c1-4-8-14(2,15)13(16)18-10-11-6-5-7-12(9-11)17-3/h5-7,9H,4,8,10,15H2,1-3H3. The predicted octanol–water partition coefficient (Wildman–Crippen LogP) is 2.26. The number of methoxy groups -OCH3 is 1. The highest BCUT2D eigenvalue weighted by molar-refractivity contribution is 5.79. The van der Waals surface area contributed by atoms with Gasteiger partial charge in [-0.05, 0) is 31.0 Å². The van der Waals surface area contributed by atoms with Crippen LogP contribution in [0.5, 0.6) is 5.75 Å². The highest BCUT2D eigenvalue weighted by Crippen LogP contribution is 2.15. The monoisotopic (exact) mass is 251 g/mol. The van der Waals surface area contributed by atoms with E-state index in [0.29, 0.717) is 6.42 Å². The van der Waals surface area contributed by atoms with E-state index in [2.05, 4.69) is 0 Å². The fraction of sp³-hybridized carbons (Fsp3) is 0.500. The summed E-state index contributed by atoms with van der Waals surface area (Å²) in [5.74, 6) is 0.375. The largest absolute Gasteiger partial charge is 0.497 e. The van der Waals surface area contributed by atoms with E-state index in [1.165, 1.54) is 0 Å². The Kier molecular flexibility index (Phi) is 5.16. The second kappa shape index (κ2) is 6.40. The van der Waals surface area contributed by atoms with E-state index in [4.69, 9.17) is 15.2 Å². The lowest BCUT2D eigenvalue weighted by molar-refractivity contribution is -0.151. The molecular formula is C14H21NO3. The van der Waals surface area contributed by atoms with Gasteiger partial charge in [-0.15, -0.1) is 0 Å². The first-order chi connectivity index (χ1) is 8.49. The minimum Gasteiger partial charge on any atom is -0.497 e. The van der Waals surface area contributed by atoms with Crippen molar-refractivity contribution in [3.05, 3.63) is 29.8 Å². The molecule has 0 fully saturated rings. The number of hydrogen-bond donors (Lipinski definition) is 1. The van der Waals surface area contributed by atoms with Gasteiger partial charge in [0.2, 0.25) is 0 Å². The van der Waals surface area contributed by atoms with Crippen molar-refractivity contribution in [1.82, 2.24) is 0 Å². The number of carbonyl (C=O) groups is 1. The number of carbonyl (C=O) groups excluding carboxylic acids is 1. The first-order valence-corrected chi connectivity index (χ1v) is 6.08. The molecule has 100 valence electrons. The Bertz CT molecular complexity index is 402. The number of ether oxygens (including phenoxy) is 2. The molecular weight excluding hydrogens is 230 g/mol. The predicted molar refractivity (Wildman–Crippen MR) is 70.3 cm³/mol. The zero-order valence-electron chi connectivity index (χ0n) is 11.2. The minimum atomic E-state index is -0.909. The molecule has 0 spiro atoms. The molecule has 4 heteroatoms. The summed E-state index contributed by atoms with van der Waals surface area (Å²) in [4.78, 5) is 11.8. The van der Waals surface area contributed by atoms with Gasteiger partial charge in [-0.1, -0.05) is 25.5 Å². The van der Waals surface area contributed by atoms with Gasteiger partial charge < -0.3 is 15.2 Å². The van der Waals surface area contributed by atoms with E-state index >= 15 is 0 Å². The van der Waals surface area contributed by atoms with Crippen molar-refractivity contribution in [1.29, 1.82) is 0 Å². The molecule has 0 saturated carbocycles. The average Bonchev–Trinajstić information content (AvgIpc) is 2.36. The molecule has 18 heavy (non-hydrogen) atoms. The molecule has 0 aromatic heterocycles. The second-order valence-electron chi connectivity index (χ2n) is 4.60. The minimum absolute atomic E-state index is 0.215. The van der Waals surface area contributed by atoms with Gasteiger partial charge in [-0.3, -0.25) is 4.79 Å². The molecule has 0 amide bonds. The number of rotatable bonds is 6. The van der Waals surface area contributed by atoms with Crippen molar-refractivity contribution in [2.75, 3.05) is 7.11 Å². The highest BCUT2D eigenvalue weighted by Gasteiger charge is 2.28. The van der Waals surface area contributed by atoms with Crippen LogP contribution in [0, 0.1) is 0 Å². The van der Waals surface area contributed by atoms with Crippen LogP contribution in [-0.2, 0) is 16.1 Å². The van der Waals surface area contributed by atoms with Crippen LogP contribution in [-0.4, -0.2) is 18.6 Å². The van der Waals surface area contributed by atoms with Gasteiger partial charge in [-0.2, -0.15) is 0 Å². The van der Waals surface area contributed by atoms with E-state index in [1.807, 2.05) is 31.2 Å². The Morgan fingerprint density at radius 3 is 2.78 bits per heavy atom. The van der Waals surface area contributed by atoms with E-state index < -0.39 is 5.54 Å². The molecule has 0 radical (unpaired) electrons. The van der Waals surface area contributed by atoms with Gasteiger partial charge in [0.1, 0.15) is 17.9 Å². The van der Waals surface area contributed by atoms with E-state index in [9.17, 15) is 4.79 Å². The zero-order valence-corrected chi connectivity index (χ0v) is 11.2. The summed E-state index contributed by atoms with van der Waals surface area (Å²) >= 11 is 0. The number of esters is 1. The lowest BCUT2D eigenvalue weighted by atomic mass is 9.98. The molecule has 2 N–H and O–H groups in total. The summed E-state index contributed by atoms with van der Waals surface area (Å²) in [6.07, 6.45) is 1.46. The van der Waals surface area contributed by atoms with Crippen molar-refractivity contribution >= 4 is 5.97 Å². The maximum Gasteiger partial charge on any atom is 0.326 e. The SMILES string of the molecule is CCCC(C)(N)C(=O)OCc1cccc(OC)c1. The fourth-order valence-electron chi connectivity index (χ4n) is 1.70.